The average Bonchev–Trinajstić information content (AvgIpc) is 2.98. The van der Waals surface area contributed by atoms with E-state index in [0.29, 0.717) is 18.8 Å². The molecule has 1 saturated heterocycles. The fourth-order valence-corrected chi connectivity index (χ4v) is 4.30. The Kier molecular flexibility index (Phi) is 3.97. The minimum absolute atomic E-state index is 0.0192. The fourth-order valence-electron chi connectivity index (χ4n) is 2.68. The SMILES string of the molecule is O=C(NOC1CCOC1)C1CCS(=O)(=O)c2ccccc21. The monoisotopic (exact) mass is 311 g/mol. The molecule has 2 atom stereocenters. The van der Waals surface area contributed by atoms with Gasteiger partial charge in [-0.3, -0.25) is 9.63 Å². The van der Waals surface area contributed by atoms with Crippen LogP contribution in [0.4, 0.5) is 0 Å². The zero-order valence-corrected chi connectivity index (χ0v) is 12.3. The molecule has 3 rings (SSSR count). The maximum Gasteiger partial charge on any atom is 0.251 e. The van der Waals surface area contributed by atoms with Crippen LogP contribution in [0.25, 0.3) is 0 Å². The number of amides is 1. The van der Waals surface area contributed by atoms with Gasteiger partial charge >= 0.3 is 0 Å². The van der Waals surface area contributed by atoms with Crippen molar-refractivity contribution in [3.05, 3.63) is 29.8 Å². The Hall–Kier alpha value is -1.44. The van der Waals surface area contributed by atoms with E-state index < -0.39 is 15.8 Å². The number of carbonyl (C=O) groups excluding carboxylic acids is 1. The first-order chi connectivity index (χ1) is 10.1. The molecule has 2 unspecified atom stereocenters. The van der Waals surface area contributed by atoms with Crippen molar-refractivity contribution in [1.82, 2.24) is 5.48 Å². The van der Waals surface area contributed by atoms with Gasteiger partial charge in [0.25, 0.3) is 5.91 Å². The summed E-state index contributed by atoms with van der Waals surface area (Å²) in [5, 5.41) is 0. The minimum atomic E-state index is -3.28. The lowest BCUT2D eigenvalue weighted by molar-refractivity contribution is -0.140. The predicted octanol–water partition coefficient (Wildman–Crippen LogP) is 0.784. The molecule has 0 radical (unpaired) electrons. The van der Waals surface area contributed by atoms with Crippen molar-refractivity contribution in [2.24, 2.45) is 0 Å². The summed E-state index contributed by atoms with van der Waals surface area (Å²) in [4.78, 5) is 17.8. The zero-order valence-electron chi connectivity index (χ0n) is 11.4. The van der Waals surface area contributed by atoms with E-state index in [9.17, 15) is 13.2 Å². The summed E-state index contributed by atoms with van der Waals surface area (Å²) in [5.74, 6) is -0.814. The topological polar surface area (TPSA) is 81.7 Å². The lowest BCUT2D eigenvalue weighted by Gasteiger charge is -2.24. The summed E-state index contributed by atoms with van der Waals surface area (Å²) in [5.41, 5.74) is 3.00. The summed E-state index contributed by atoms with van der Waals surface area (Å²) < 4.78 is 29.2. The summed E-state index contributed by atoms with van der Waals surface area (Å²) in [6, 6.07) is 6.65. The maximum atomic E-state index is 12.3. The van der Waals surface area contributed by atoms with Crippen LogP contribution < -0.4 is 5.48 Å². The zero-order chi connectivity index (χ0) is 14.9. The number of hydroxylamine groups is 1. The van der Waals surface area contributed by atoms with Crippen molar-refractivity contribution in [3.63, 3.8) is 0 Å². The molecule has 21 heavy (non-hydrogen) atoms. The molecule has 0 aliphatic carbocycles. The highest BCUT2D eigenvalue weighted by atomic mass is 32.2. The van der Waals surface area contributed by atoms with Gasteiger partial charge in [-0.15, -0.1) is 0 Å². The van der Waals surface area contributed by atoms with Gasteiger partial charge < -0.3 is 4.74 Å². The third kappa shape index (κ3) is 2.95. The van der Waals surface area contributed by atoms with E-state index in [1.165, 1.54) is 0 Å². The Morgan fingerprint density at radius 3 is 2.86 bits per heavy atom. The average molecular weight is 311 g/mol. The van der Waals surface area contributed by atoms with Crippen LogP contribution in [0, 0.1) is 0 Å². The number of hydrogen-bond acceptors (Lipinski definition) is 5. The molecule has 2 heterocycles. The normalized spacial score (nSPS) is 27.0. The van der Waals surface area contributed by atoms with Crippen LogP contribution in [-0.4, -0.2) is 39.4 Å². The third-order valence-corrected chi connectivity index (χ3v) is 5.65. The highest BCUT2D eigenvalue weighted by Crippen LogP contribution is 2.33. The van der Waals surface area contributed by atoms with Crippen LogP contribution in [0.15, 0.2) is 29.2 Å². The molecule has 0 saturated carbocycles. The van der Waals surface area contributed by atoms with Gasteiger partial charge in [0.1, 0.15) is 6.10 Å². The number of hydrogen-bond donors (Lipinski definition) is 1. The molecule has 2 aliphatic heterocycles. The summed E-state index contributed by atoms with van der Waals surface area (Å²) in [6.07, 6.45) is 0.891. The van der Waals surface area contributed by atoms with Gasteiger partial charge in [0.2, 0.25) is 0 Å². The van der Waals surface area contributed by atoms with E-state index in [2.05, 4.69) is 5.48 Å². The molecule has 114 valence electrons. The molecule has 1 aromatic rings. The van der Waals surface area contributed by atoms with Crippen molar-refractivity contribution in [3.8, 4) is 0 Å². The standard InChI is InChI=1S/C14H17NO5S/c16-14(15-20-10-5-7-19-9-10)12-6-8-21(17,18)13-4-2-1-3-11(12)13/h1-4,10,12H,5-9H2,(H,15,16). The van der Waals surface area contributed by atoms with E-state index >= 15 is 0 Å². The van der Waals surface area contributed by atoms with Gasteiger partial charge in [-0.05, 0) is 18.1 Å². The Morgan fingerprint density at radius 1 is 1.29 bits per heavy atom. The first kappa shape index (κ1) is 14.5. The number of carbonyl (C=O) groups is 1. The lowest BCUT2D eigenvalue weighted by atomic mass is 9.95. The van der Waals surface area contributed by atoms with Gasteiger partial charge in [-0.25, -0.2) is 13.9 Å². The molecular weight excluding hydrogens is 294 g/mol. The summed E-state index contributed by atoms with van der Waals surface area (Å²) in [6.45, 7) is 1.10. The van der Waals surface area contributed by atoms with Crippen LogP contribution in [0.2, 0.25) is 0 Å². The first-order valence-electron chi connectivity index (χ1n) is 6.93. The molecule has 1 N–H and O–H groups in total. The second-order valence-electron chi connectivity index (χ2n) is 5.27. The van der Waals surface area contributed by atoms with Gasteiger partial charge in [0, 0.05) is 13.0 Å². The molecule has 2 aliphatic rings. The quantitative estimate of drug-likeness (QED) is 0.834. The molecular formula is C14H17NO5S. The van der Waals surface area contributed by atoms with Crippen molar-refractivity contribution in [2.75, 3.05) is 19.0 Å². The smallest absolute Gasteiger partial charge is 0.251 e. The van der Waals surface area contributed by atoms with Crippen LogP contribution in [0.3, 0.4) is 0 Å². The second kappa shape index (κ2) is 5.75. The van der Waals surface area contributed by atoms with Crippen molar-refractivity contribution < 1.29 is 22.8 Å². The van der Waals surface area contributed by atoms with E-state index in [0.717, 1.165) is 6.42 Å². The second-order valence-corrected chi connectivity index (χ2v) is 7.35. The molecule has 7 heteroatoms. The Labute approximate surface area is 123 Å². The number of benzene rings is 1. The molecule has 0 bridgehead atoms. The van der Waals surface area contributed by atoms with Gasteiger partial charge in [0.15, 0.2) is 9.84 Å². The van der Waals surface area contributed by atoms with Gasteiger partial charge in [0.05, 0.1) is 23.2 Å². The minimum Gasteiger partial charge on any atom is -0.379 e. The summed E-state index contributed by atoms with van der Waals surface area (Å²) in [7, 11) is -3.28. The highest BCUT2D eigenvalue weighted by Gasteiger charge is 2.34. The van der Waals surface area contributed by atoms with Crippen molar-refractivity contribution in [2.45, 2.75) is 29.8 Å². The third-order valence-electron chi connectivity index (χ3n) is 3.84. The number of sulfone groups is 1. The molecule has 1 fully saturated rings. The predicted molar refractivity (Wildman–Crippen MR) is 74.3 cm³/mol. The number of nitrogens with one attached hydrogen (secondary N) is 1. The molecule has 6 nitrogen and oxygen atoms in total. The molecule has 0 aromatic heterocycles. The van der Waals surface area contributed by atoms with Crippen LogP contribution in [-0.2, 0) is 24.2 Å². The Morgan fingerprint density at radius 2 is 2.10 bits per heavy atom. The molecule has 1 aromatic carbocycles. The van der Waals surface area contributed by atoms with Crippen molar-refractivity contribution >= 4 is 15.7 Å². The largest absolute Gasteiger partial charge is 0.379 e. The highest BCUT2D eigenvalue weighted by molar-refractivity contribution is 7.91. The van der Waals surface area contributed by atoms with Crippen LogP contribution >= 0.6 is 0 Å². The molecule has 0 spiro atoms. The fraction of sp³-hybridized carbons (Fsp3) is 0.500. The molecule has 1 amide bonds. The Balaban J connectivity index is 1.75. The van der Waals surface area contributed by atoms with E-state index in [4.69, 9.17) is 9.57 Å². The lowest BCUT2D eigenvalue weighted by Crippen LogP contribution is -2.36. The van der Waals surface area contributed by atoms with E-state index in [1.54, 1.807) is 24.3 Å². The van der Waals surface area contributed by atoms with E-state index in [1.807, 2.05) is 0 Å². The summed E-state index contributed by atoms with van der Waals surface area (Å²) >= 11 is 0. The number of ether oxygens (including phenoxy) is 1. The Bertz CT molecular complexity index is 637. The number of fused-ring (bicyclic) bond motifs is 1. The first-order valence-corrected chi connectivity index (χ1v) is 8.58. The van der Waals surface area contributed by atoms with Gasteiger partial charge in [-0.1, -0.05) is 18.2 Å². The number of rotatable bonds is 3. The maximum absolute atomic E-state index is 12.3. The van der Waals surface area contributed by atoms with Gasteiger partial charge in [-0.2, -0.15) is 0 Å². The van der Waals surface area contributed by atoms with E-state index in [-0.39, 0.29) is 29.1 Å². The van der Waals surface area contributed by atoms with Crippen LogP contribution in [0.5, 0.6) is 0 Å². The van der Waals surface area contributed by atoms with Crippen molar-refractivity contribution in [1.29, 1.82) is 0 Å². The van der Waals surface area contributed by atoms with Crippen LogP contribution in [0.1, 0.15) is 24.3 Å².